The van der Waals surface area contributed by atoms with Crippen LogP contribution in [0, 0.1) is 5.82 Å². The van der Waals surface area contributed by atoms with Crippen LogP contribution in [0.4, 0.5) is 4.39 Å². The van der Waals surface area contributed by atoms with Crippen LogP contribution in [0.1, 0.15) is 19.0 Å². The fourth-order valence-corrected chi connectivity index (χ4v) is 4.94. The number of carbonyl (C=O) groups excluding carboxylic acids is 1. The van der Waals surface area contributed by atoms with Crippen molar-refractivity contribution in [2.75, 3.05) is 14.1 Å². The van der Waals surface area contributed by atoms with Gasteiger partial charge in [0.1, 0.15) is 24.1 Å². The second kappa shape index (κ2) is 9.47. The van der Waals surface area contributed by atoms with Crippen molar-refractivity contribution in [2.24, 2.45) is 0 Å². The first-order chi connectivity index (χ1) is 15.7. The lowest BCUT2D eigenvalue weighted by Crippen LogP contribution is -2.79. The highest BCUT2D eigenvalue weighted by Gasteiger charge is 2.63. The van der Waals surface area contributed by atoms with Crippen molar-refractivity contribution in [3.63, 3.8) is 0 Å². The SMILES string of the molecule is CN[C@@H]1[C@H](O)[C@H](NC)C2O[C@]3(O)C(OC2[C@@H]1O)O[C@H](C)C[C@H]3NC(=O)Cc1ccc(F)cn1. The van der Waals surface area contributed by atoms with Gasteiger partial charge < -0.3 is 45.5 Å². The van der Waals surface area contributed by atoms with Crippen LogP contribution in [0.15, 0.2) is 18.3 Å². The summed E-state index contributed by atoms with van der Waals surface area (Å²) in [5.74, 6) is -3.02. The third-order valence-corrected chi connectivity index (χ3v) is 6.62. The first-order valence-electron chi connectivity index (χ1n) is 11.0. The Morgan fingerprint density at radius 2 is 1.91 bits per heavy atom. The number of amides is 1. The second-order valence-corrected chi connectivity index (χ2v) is 8.82. The first-order valence-corrected chi connectivity index (χ1v) is 11.0. The minimum atomic E-state index is -2.07. The Bertz CT molecular complexity index is 848. The molecule has 1 saturated carbocycles. The van der Waals surface area contributed by atoms with Gasteiger partial charge in [0.2, 0.25) is 18.0 Å². The van der Waals surface area contributed by atoms with Gasteiger partial charge in [-0.15, -0.1) is 0 Å². The maximum atomic E-state index is 13.1. The first kappa shape index (κ1) is 24.4. The number of hydrogen-bond donors (Lipinski definition) is 6. The predicted octanol–water partition coefficient (Wildman–Crippen LogP) is -2.23. The van der Waals surface area contributed by atoms with Gasteiger partial charge >= 0.3 is 0 Å². The molecule has 3 heterocycles. The van der Waals surface area contributed by atoms with Crippen LogP contribution in [0.5, 0.6) is 0 Å². The molecule has 1 aromatic rings. The number of carbonyl (C=O) groups is 1. The smallest absolute Gasteiger partial charge is 0.239 e. The highest BCUT2D eigenvalue weighted by Crippen LogP contribution is 2.41. The molecule has 0 aromatic carbocycles. The van der Waals surface area contributed by atoms with Crippen molar-refractivity contribution in [3.8, 4) is 0 Å². The van der Waals surface area contributed by atoms with E-state index >= 15 is 0 Å². The van der Waals surface area contributed by atoms with Gasteiger partial charge in [-0.3, -0.25) is 9.78 Å². The van der Waals surface area contributed by atoms with Crippen molar-refractivity contribution >= 4 is 5.91 Å². The zero-order valence-corrected chi connectivity index (χ0v) is 18.6. The Morgan fingerprint density at radius 3 is 2.55 bits per heavy atom. The molecule has 33 heavy (non-hydrogen) atoms. The van der Waals surface area contributed by atoms with E-state index in [2.05, 4.69) is 20.9 Å². The lowest BCUT2D eigenvalue weighted by molar-refractivity contribution is -0.449. The number of pyridine rings is 1. The summed E-state index contributed by atoms with van der Waals surface area (Å²) < 4.78 is 30.9. The van der Waals surface area contributed by atoms with Crippen molar-refractivity contribution < 1.29 is 38.7 Å². The number of nitrogens with one attached hydrogen (secondary N) is 3. The van der Waals surface area contributed by atoms with E-state index in [9.17, 15) is 24.5 Å². The number of rotatable bonds is 5. The highest BCUT2D eigenvalue weighted by molar-refractivity contribution is 5.78. The minimum Gasteiger partial charge on any atom is -0.390 e. The van der Waals surface area contributed by atoms with Gasteiger partial charge in [0.05, 0.1) is 43.0 Å². The summed E-state index contributed by atoms with van der Waals surface area (Å²) in [5.41, 5.74) is 0.366. The quantitative estimate of drug-likeness (QED) is 0.279. The Morgan fingerprint density at radius 1 is 1.18 bits per heavy atom. The Labute approximate surface area is 190 Å². The van der Waals surface area contributed by atoms with E-state index in [0.717, 1.165) is 6.20 Å². The number of hydrogen-bond acceptors (Lipinski definition) is 10. The number of aliphatic hydroxyl groups is 3. The summed E-state index contributed by atoms with van der Waals surface area (Å²) in [6, 6.07) is 0.334. The molecule has 1 aromatic heterocycles. The molecule has 2 aliphatic heterocycles. The molecule has 1 amide bonds. The molecule has 3 aliphatic rings. The summed E-state index contributed by atoms with van der Waals surface area (Å²) in [6.45, 7) is 1.77. The van der Waals surface area contributed by atoms with Gasteiger partial charge in [-0.05, 0) is 39.6 Å². The van der Waals surface area contributed by atoms with Crippen LogP contribution in [0.25, 0.3) is 0 Å². The molecule has 184 valence electrons. The molecule has 2 saturated heterocycles. The molecule has 0 bridgehead atoms. The van der Waals surface area contributed by atoms with Crippen molar-refractivity contribution in [1.82, 2.24) is 20.9 Å². The predicted molar refractivity (Wildman–Crippen MR) is 111 cm³/mol. The zero-order chi connectivity index (χ0) is 23.9. The summed E-state index contributed by atoms with van der Waals surface area (Å²) in [6.07, 6.45) is -4.56. The number of aromatic nitrogens is 1. The second-order valence-electron chi connectivity index (χ2n) is 8.82. The van der Waals surface area contributed by atoms with Gasteiger partial charge in [-0.25, -0.2) is 4.39 Å². The van der Waals surface area contributed by atoms with Crippen LogP contribution < -0.4 is 16.0 Å². The largest absolute Gasteiger partial charge is 0.390 e. The summed E-state index contributed by atoms with van der Waals surface area (Å²) >= 11 is 0. The normalized spacial score (nSPS) is 42.8. The Balaban J connectivity index is 1.55. The molecule has 0 spiro atoms. The zero-order valence-electron chi connectivity index (χ0n) is 18.6. The van der Waals surface area contributed by atoms with E-state index < -0.39 is 72.4 Å². The summed E-state index contributed by atoms with van der Waals surface area (Å²) in [4.78, 5) is 16.6. The van der Waals surface area contributed by atoms with Crippen molar-refractivity contribution in [2.45, 2.75) is 80.5 Å². The Hall–Kier alpha value is -1.77. The van der Waals surface area contributed by atoms with E-state index in [0.29, 0.717) is 5.69 Å². The molecular formula is C21H31FN4O7. The molecule has 3 unspecified atom stereocenters. The van der Waals surface area contributed by atoms with Crippen molar-refractivity contribution in [1.29, 1.82) is 0 Å². The molecule has 6 N–H and O–H groups in total. The van der Waals surface area contributed by atoms with Crippen LogP contribution >= 0.6 is 0 Å². The molecule has 11 nitrogen and oxygen atoms in total. The number of ether oxygens (including phenoxy) is 3. The standard InChI is InChI=1S/C21H31FN4O7/c1-9-6-12(26-13(27)7-11-5-4-10(22)8-25-11)21(30)20(31-9)32-19-17(29)14(23-2)16(28)15(24-3)18(19)33-21/h4-5,8-9,12,14-20,23-24,28-30H,6-7H2,1-3H3,(H,26,27)/t9-,12-,14-,15+,16+,17-,18?,19?,20?,21+/m1/s1. The van der Waals surface area contributed by atoms with Crippen molar-refractivity contribution in [3.05, 3.63) is 29.8 Å². The van der Waals surface area contributed by atoms with Gasteiger partial charge in [-0.2, -0.15) is 0 Å². The fraction of sp³-hybridized carbons (Fsp3) is 0.714. The van der Waals surface area contributed by atoms with Gasteiger partial charge in [0.15, 0.2) is 0 Å². The monoisotopic (exact) mass is 470 g/mol. The number of aliphatic hydroxyl groups excluding tert-OH is 2. The lowest BCUT2D eigenvalue weighted by atomic mass is 9.79. The summed E-state index contributed by atoms with van der Waals surface area (Å²) in [5, 5.41) is 41.6. The number of likely N-dealkylation sites (N-methyl/N-ethyl adjacent to an activating group) is 2. The van der Waals surface area contributed by atoms with E-state index in [1.165, 1.54) is 12.1 Å². The third kappa shape index (κ3) is 4.49. The van der Waals surface area contributed by atoms with Gasteiger partial charge in [0, 0.05) is 5.69 Å². The third-order valence-electron chi connectivity index (χ3n) is 6.62. The highest BCUT2D eigenvalue weighted by atomic mass is 19.1. The molecule has 4 rings (SSSR count). The van der Waals surface area contributed by atoms with E-state index in [1.54, 1.807) is 21.0 Å². The van der Waals surface area contributed by atoms with Crippen LogP contribution in [0.3, 0.4) is 0 Å². The van der Waals surface area contributed by atoms with E-state index in [-0.39, 0.29) is 12.8 Å². The van der Waals surface area contributed by atoms with E-state index in [4.69, 9.17) is 14.2 Å². The van der Waals surface area contributed by atoms with Crippen LogP contribution in [0.2, 0.25) is 0 Å². The molecule has 0 radical (unpaired) electrons. The number of halogens is 1. The molecule has 12 heteroatoms. The Kier molecular flexibility index (Phi) is 6.99. The number of nitrogens with zero attached hydrogens (tertiary/aromatic N) is 1. The van der Waals surface area contributed by atoms with Crippen LogP contribution in [-0.2, 0) is 25.4 Å². The number of fused-ring (bicyclic) bond motifs is 2. The van der Waals surface area contributed by atoms with E-state index in [1.807, 2.05) is 0 Å². The summed E-state index contributed by atoms with van der Waals surface area (Å²) in [7, 11) is 3.24. The van der Waals surface area contributed by atoms with Gasteiger partial charge in [0.25, 0.3) is 0 Å². The fourth-order valence-electron chi connectivity index (χ4n) is 4.94. The molecular weight excluding hydrogens is 439 g/mol. The average Bonchev–Trinajstić information content (AvgIpc) is 2.76. The molecule has 10 atom stereocenters. The topological polar surface area (TPSA) is 154 Å². The molecule has 3 fully saturated rings. The average molecular weight is 470 g/mol. The lowest BCUT2D eigenvalue weighted by Gasteiger charge is -2.58. The maximum absolute atomic E-state index is 13.1. The minimum absolute atomic E-state index is 0.125. The molecule has 1 aliphatic carbocycles. The maximum Gasteiger partial charge on any atom is 0.239 e. The van der Waals surface area contributed by atoms with Crippen LogP contribution in [-0.4, -0.2) is 101 Å². The van der Waals surface area contributed by atoms with Gasteiger partial charge in [-0.1, -0.05) is 0 Å².